The molecule has 0 bridgehead atoms. The summed E-state index contributed by atoms with van der Waals surface area (Å²) >= 11 is 0. The fourth-order valence-electron chi connectivity index (χ4n) is 4.67. The van der Waals surface area contributed by atoms with Crippen LogP contribution in [0.2, 0.25) is 0 Å². The number of methoxy groups -OCH3 is 2. The predicted molar refractivity (Wildman–Crippen MR) is 134 cm³/mol. The van der Waals surface area contributed by atoms with Gasteiger partial charge >= 0.3 is 0 Å². The second-order valence-electron chi connectivity index (χ2n) is 8.83. The van der Waals surface area contributed by atoms with Crippen LogP contribution in [0.3, 0.4) is 0 Å². The number of rotatable bonds is 7. The third-order valence-corrected chi connectivity index (χ3v) is 6.51. The van der Waals surface area contributed by atoms with E-state index in [0.717, 1.165) is 48.4 Å². The molecule has 35 heavy (non-hydrogen) atoms. The molecular formula is C29H29NO5. The summed E-state index contributed by atoms with van der Waals surface area (Å²) in [5.74, 6) is 2.82. The molecule has 0 saturated carbocycles. The molecule has 3 aromatic rings. The van der Waals surface area contributed by atoms with Gasteiger partial charge in [-0.05, 0) is 49.6 Å². The topological polar surface area (TPSA) is 57.2 Å². The van der Waals surface area contributed by atoms with Crippen LogP contribution in [0.5, 0.6) is 23.0 Å². The van der Waals surface area contributed by atoms with Crippen LogP contribution in [0.4, 0.5) is 0 Å². The van der Waals surface area contributed by atoms with E-state index in [0.29, 0.717) is 29.5 Å². The van der Waals surface area contributed by atoms with Gasteiger partial charge in [-0.2, -0.15) is 0 Å². The molecule has 0 amide bonds. The van der Waals surface area contributed by atoms with Crippen LogP contribution in [0.15, 0.2) is 60.4 Å². The molecule has 0 spiro atoms. The quantitative estimate of drug-likeness (QED) is 0.429. The van der Waals surface area contributed by atoms with Crippen molar-refractivity contribution in [2.45, 2.75) is 26.3 Å². The van der Waals surface area contributed by atoms with Crippen LogP contribution in [-0.4, -0.2) is 38.2 Å². The van der Waals surface area contributed by atoms with Crippen molar-refractivity contribution in [3.8, 4) is 23.0 Å². The molecule has 6 nitrogen and oxygen atoms in total. The highest BCUT2D eigenvalue weighted by Crippen LogP contribution is 2.43. The lowest BCUT2D eigenvalue weighted by Crippen LogP contribution is -2.33. The molecule has 2 heterocycles. The zero-order chi connectivity index (χ0) is 24.4. The molecule has 6 heteroatoms. The van der Waals surface area contributed by atoms with Gasteiger partial charge in [0.25, 0.3) is 0 Å². The van der Waals surface area contributed by atoms with Crippen molar-refractivity contribution in [2.24, 2.45) is 0 Å². The van der Waals surface area contributed by atoms with E-state index < -0.39 is 0 Å². The van der Waals surface area contributed by atoms with Gasteiger partial charge in [0.15, 0.2) is 5.76 Å². The number of allylic oxidation sites excluding steroid dienone is 1. The second kappa shape index (κ2) is 9.84. The molecule has 0 fully saturated rings. The van der Waals surface area contributed by atoms with Crippen molar-refractivity contribution in [3.05, 3.63) is 88.2 Å². The Hall–Kier alpha value is -3.77. The number of benzene rings is 3. The Bertz CT molecular complexity index is 1280. The Kier molecular flexibility index (Phi) is 6.47. The highest BCUT2D eigenvalue weighted by molar-refractivity contribution is 6.15. The Morgan fingerprint density at radius 1 is 1.03 bits per heavy atom. The summed E-state index contributed by atoms with van der Waals surface area (Å²) in [6, 6.07) is 17.9. The van der Waals surface area contributed by atoms with Crippen molar-refractivity contribution in [3.63, 3.8) is 0 Å². The SMILES string of the molecule is COc1ccc(/C=C2\Oc3c(cc4c(c3C)OCN(CCCc3ccccc3)C4)C2=O)c(OC)c1. The van der Waals surface area contributed by atoms with Crippen molar-refractivity contribution in [2.75, 3.05) is 27.5 Å². The molecule has 5 rings (SSSR count). The first-order valence-corrected chi connectivity index (χ1v) is 11.8. The van der Waals surface area contributed by atoms with Crippen LogP contribution in [0, 0.1) is 6.92 Å². The lowest BCUT2D eigenvalue weighted by Gasteiger charge is -2.30. The van der Waals surface area contributed by atoms with Gasteiger partial charge in [0.2, 0.25) is 5.78 Å². The highest BCUT2D eigenvalue weighted by Gasteiger charge is 2.33. The molecular weight excluding hydrogens is 442 g/mol. The minimum absolute atomic E-state index is 0.134. The zero-order valence-electron chi connectivity index (χ0n) is 20.3. The standard InChI is InChI=1S/C29H29NO5/c1-19-28-22(17-30(18-34-28)13-7-10-20-8-5-4-6-9-20)14-24-27(31)26(35-29(19)24)15-21-11-12-23(32-2)16-25(21)33-3/h4-6,8-9,11-12,14-16H,7,10,13,17-18H2,1-3H3/b26-15-. The van der Waals surface area contributed by atoms with E-state index in [1.54, 1.807) is 26.4 Å². The van der Waals surface area contributed by atoms with Gasteiger partial charge in [-0.3, -0.25) is 9.69 Å². The first-order valence-electron chi connectivity index (χ1n) is 11.8. The van der Waals surface area contributed by atoms with E-state index in [9.17, 15) is 4.79 Å². The average molecular weight is 472 g/mol. The maximum Gasteiger partial charge on any atom is 0.231 e. The normalized spacial score (nSPS) is 15.9. The Balaban J connectivity index is 1.33. The van der Waals surface area contributed by atoms with Gasteiger partial charge < -0.3 is 18.9 Å². The molecule has 3 aromatic carbocycles. The van der Waals surface area contributed by atoms with Crippen molar-refractivity contribution < 1.29 is 23.7 Å². The zero-order valence-corrected chi connectivity index (χ0v) is 20.3. The van der Waals surface area contributed by atoms with Gasteiger partial charge in [-0.15, -0.1) is 0 Å². The molecule has 0 radical (unpaired) electrons. The molecule has 2 aliphatic rings. The summed E-state index contributed by atoms with van der Waals surface area (Å²) in [4.78, 5) is 15.5. The maximum atomic E-state index is 13.3. The van der Waals surface area contributed by atoms with Gasteiger partial charge in [-0.1, -0.05) is 30.3 Å². The lowest BCUT2D eigenvalue weighted by atomic mass is 9.99. The van der Waals surface area contributed by atoms with Crippen LogP contribution in [-0.2, 0) is 13.0 Å². The molecule has 0 aromatic heterocycles. The minimum Gasteiger partial charge on any atom is -0.497 e. The Morgan fingerprint density at radius 3 is 2.63 bits per heavy atom. The summed E-state index contributed by atoms with van der Waals surface area (Å²) in [7, 11) is 3.19. The number of ether oxygens (including phenoxy) is 4. The van der Waals surface area contributed by atoms with Gasteiger partial charge in [-0.25, -0.2) is 0 Å². The van der Waals surface area contributed by atoms with Gasteiger partial charge in [0.05, 0.1) is 19.8 Å². The van der Waals surface area contributed by atoms with Gasteiger partial charge in [0.1, 0.15) is 29.7 Å². The highest BCUT2D eigenvalue weighted by atomic mass is 16.5. The number of hydrogen-bond donors (Lipinski definition) is 0. The maximum absolute atomic E-state index is 13.3. The first-order chi connectivity index (χ1) is 17.1. The average Bonchev–Trinajstić information content (AvgIpc) is 3.20. The molecule has 180 valence electrons. The Morgan fingerprint density at radius 2 is 1.86 bits per heavy atom. The van der Waals surface area contributed by atoms with E-state index in [1.807, 2.05) is 31.2 Å². The number of fused-ring (bicyclic) bond motifs is 2. The summed E-state index contributed by atoms with van der Waals surface area (Å²) in [6.07, 6.45) is 3.80. The monoisotopic (exact) mass is 471 g/mol. The van der Waals surface area contributed by atoms with E-state index in [1.165, 1.54) is 5.56 Å². The number of aryl methyl sites for hydroxylation is 1. The van der Waals surface area contributed by atoms with Crippen LogP contribution in [0.25, 0.3) is 6.08 Å². The summed E-state index contributed by atoms with van der Waals surface area (Å²) in [6.45, 7) is 4.15. The molecule has 0 N–H and O–H groups in total. The number of hydrogen-bond acceptors (Lipinski definition) is 6. The molecule has 0 atom stereocenters. The second-order valence-corrected chi connectivity index (χ2v) is 8.83. The minimum atomic E-state index is -0.134. The number of carbonyl (C=O) groups is 1. The van der Waals surface area contributed by atoms with Crippen molar-refractivity contribution in [1.29, 1.82) is 0 Å². The number of ketones is 1. The number of Topliss-reactive ketones (excluding diaryl/α,β-unsaturated/α-hetero) is 1. The molecule has 0 aliphatic carbocycles. The summed E-state index contributed by atoms with van der Waals surface area (Å²) < 4.78 is 22.9. The third kappa shape index (κ3) is 4.62. The van der Waals surface area contributed by atoms with E-state index >= 15 is 0 Å². The lowest BCUT2D eigenvalue weighted by molar-refractivity contribution is 0.0932. The largest absolute Gasteiger partial charge is 0.497 e. The number of carbonyl (C=O) groups excluding carboxylic acids is 1. The predicted octanol–water partition coefficient (Wildman–Crippen LogP) is 5.41. The fraction of sp³-hybridized carbons (Fsp3) is 0.276. The first kappa shape index (κ1) is 23.0. The summed E-state index contributed by atoms with van der Waals surface area (Å²) in [5.41, 5.74) is 4.55. The van der Waals surface area contributed by atoms with Gasteiger partial charge in [0, 0.05) is 35.8 Å². The molecule has 2 aliphatic heterocycles. The van der Waals surface area contributed by atoms with Crippen LogP contribution < -0.4 is 18.9 Å². The van der Waals surface area contributed by atoms with Crippen molar-refractivity contribution in [1.82, 2.24) is 4.90 Å². The fourth-order valence-corrected chi connectivity index (χ4v) is 4.67. The smallest absolute Gasteiger partial charge is 0.231 e. The molecule has 0 unspecified atom stereocenters. The van der Waals surface area contributed by atoms with E-state index in [2.05, 4.69) is 29.2 Å². The Labute approximate surface area is 205 Å². The van der Waals surface area contributed by atoms with Crippen molar-refractivity contribution >= 4 is 11.9 Å². The molecule has 0 saturated heterocycles. The number of nitrogens with zero attached hydrogens (tertiary/aromatic N) is 1. The van der Waals surface area contributed by atoms with Crippen LogP contribution in [0.1, 0.15) is 39.0 Å². The van der Waals surface area contributed by atoms with Crippen LogP contribution >= 0.6 is 0 Å². The van der Waals surface area contributed by atoms with E-state index in [-0.39, 0.29) is 11.5 Å². The third-order valence-electron chi connectivity index (χ3n) is 6.51. The summed E-state index contributed by atoms with van der Waals surface area (Å²) in [5, 5.41) is 0. The van der Waals surface area contributed by atoms with E-state index in [4.69, 9.17) is 18.9 Å².